The Labute approximate surface area is 181 Å². The van der Waals surface area contributed by atoms with Crippen LogP contribution in [-0.4, -0.2) is 33.4 Å². The summed E-state index contributed by atoms with van der Waals surface area (Å²) in [5.41, 5.74) is 5.01. The summed E-state index contributed by atoms with van der Waals surface area (Å²) in [5, 5.41) is 5.78. The number of carbonyl (C=O) groups excluding carboxylic acids is 1. The van der Waals surface area contributed by atoms with Crippen molar-refractivity contribution in [2.45, 2.75) is 19.9 Å². The lowest BCUT2D eigenvalue weighted by atomic mass is 10.1. The summed E-state index contributed by atoms with van der Waals surface area (Å²) in [4.78, 5) is 21.6. The van der Waals surface area contributed by atoms with Crippen LogP contribution < -0.4 is 10.6 Å². The Bertz CT molecular complexity index is 1300. The summed E-state index contributed by atoms with van der Waals surface area (Å²) in [6.45, 7) is 3.77. The molecule has 6 heteroatoms. The van der Waals surface area contributed by atoms with Crippen molar-refractivity contribution in [2.24, 2.45) is 0 Å². The van der Waals surface area contributed by atoms with Crippen molar-refractivity contribution in [2.75, 3.05) is 12.4 Å². The van der Waals surface area contributed by atoms with Gasteiger partial charge in [0, 0.05) is 17.3 Å². The minimum atomic E-state index is -0.332. The zero-order valence-electron chi connectivity index (χ0n) is 17.7. The van der Waals surface area contributed by atoms with E-state index < -0.39 is 0 Å². The molecule has 1 atom stereocenters. The summed E-state index contributed by atoms with van der Waals surface area (Å²) in [5.74, 6) is 6.68. The Morgan fingerprint density at radius 2 is 1.77 bits per heavy atom. The maximum Gasteiger partial charge on any atom is 0.242 e. The number of hydrogen-bond acceptors (Lipinski definition) is 4. The molecule has 4 aromatic rings. The first-order valence-electron chi connectivity index (χ1n) is 10.1. The molecular weight excluding hydrogens is 386 g/mol. The van der Waals surface area contributed by atoms with Gasteiger partial charge in [-0.2, -0.15) is 0 Å². The highest BCUT2D eigenvalue weighted by atomic mass is 16.2. The number of aromatic nitrogens is 3. The van der Waals surface area contributed by atoms with Crippen molar-refractivity contribution in [3.8, 4) is 23.1 Å². The minimum Gasteiger partial charge on any atom is -0.309 e. The number of nitrogens with one attached hydrogen (secondary N) is 2. The predicted octanol–water partition coefficient (Wildman–Crippen LogP) is 3.65. The van der Waals surface area contributed by atoms with Crippen LogP contribution in [0.1, 0.15) is 23.9 Å². The van der Waals surface area contributed by atoms with E-state index in [1.54, 1.807) is 20.0 Å². The summed E-state index contributed by atoms with van der Waals surface area (Å²) in [7, 11) is 1.74. The highest BCUT2D eigenvalue weighted by molar-refractivity contribution is 5.94. The number of nitrogens with zero attached hydrogens (tertiary/aromatic N) is 3. The van der Waals surface area contributed by atoms with Crippen LogP contribution in [0.15, 0.2) is 66.9 Å². The molecular formula is C25H23N5O. The van der Waals surface area contributed by atoms with Gasteiger partial charge in [0.2, 0.25) is 5.91 Å². The zero-order valence-corrected chi connectivity index (χ0v) is 17.7. The molecule has 0 fully saturated rings. The summed E-state index contributed by atoms with van der Waals surface area (Å²) in [6, 6.07) is 19.0. The number of fused-ring (bicyclic) bond motifs is 1. The van der Waals surface area contributed by atoms with Gasteiger partial charge >= 0.3 is 0 Å². The average Bonchev–Trinajstić information content (AvgIpc) is 3.13. The van der Waals surface area contributed by atoms with Crippen molar-refractivity contribution in [3.05, 3.63) is 83.8 Å². The molecule has 1 aromatic carbocycles. The van der Waals surface area contributed by atoms with Gasteiger partial charge in [0.15, 0.2) is 0 Å². The number of carbonyl (C=O) groups is 1. The van der Waals surface area contributed by atoms with Gasteiger partial charge in [-0.1, -0.05) is 30.2 Å². The van der Waals surface area contributed by atoms with Crippen molar-refractivity contribution in [1.82, 2.24) is 19.7 Å². The molecule has 3 heterocycles. The van der Waals surface area contributed by atoms with E-state index in [0.717, 1.165) is 28.2 Å². The van der Waals surface area contributed by atoms with Crippen LogP contribution in [0.25, 0.3) is 16.9 Å². The second kappa shape index (κ2) is 8.82. The first-order valence-corrected chi connectivity index (χ1v) is 10.1. The highest BCUT2D eigenvalue weighted by Gasteiger charge is 2.17. The second-order valence-corrected chi connectivity index (χ2v) is 7.18. The molecule has 0 aliphatic rings. The molecule has 2 N–H and O–H groups in total. The van der Waals surface area contributed by atoms with E-state index in [9.17, 15) is 4.79 Å². The molecule has 31 heavy (non-hydrogen) atoms. The molecule has 6 nitrogen and oxygen atoms in total. The van der Waals surface area contributed by atoms with E-state index in [0.29, 0.717) is 11.5 Å². The summed E-state index contributed by atoms with van der Waals surface area (Å²) >= 11 is 0. The Hall–Kier alpha value is -3.95. The molecule has 4 rings (SSSR count). The second-order valence-electron chi connectivity index (χ2n) is 7.18. The minimum absolute atomic E-state index is 0.157. The maximum atomic E-state index is 12.3. The number of likely N-dealkylation sites (N-methyl/N-ethyl adjacent to an activating group) is 1. The van der Waals surface area contributed by atoms with Gasteiger partial charge in [-0.05, 0) is 63.2 Å². The fraction of sp³-hybridized carbons (Fsp3) is 0.160. The van der Waals surface area contributed by atoms with Crippen LogP contribution in [0.5, 0.6) is 0 Å². The number of imidazole rings is 1. The first-order chi connectivity index (χ1) is 15.1. The smallest absolute Gasteiger partial charge is 0.242 e. The van der Waals surface area contributed by atoms with Crippen LogP contribution in [0.3, 0.4) is 0 Å². The van der Waals surface area contributed by atoms with E-state index in [1.807, 2.05) is 72.1 Å². The van der Waals surface area contributed by atoms with Gasteiger partial charge in [0.05, 0.1) is 17.4 Å². The fourth-order valence-electron chi connectivity index (χ4n) is 3.27. The molecule has 0 aliphatic heterocycles. The highest BCUT2D eigenvalue weighted by Crippen LogP contribution is 2.28. The number of aryl methyl sites for hydroxylation is 1. The molecule has 3 aromatic heterocycles. The zero-order chi connectivity index (χ0) is 21.8. The summed E-state index contributed by atoms with van der Waals surface area (Å²) in [6.07, 6.45) is 1.98. The third-order valence-electron chi connectivity index (χ3n) is 5.03. The molecule has 1 amide bonds. The average molecular weight is 409 g/mol. The maximum absolute atomic E-state index is 12.3. The standard InChI is InChI=1S/C25H23N5O/c1-17-24(30-16-8-7-11-23(30)27-17)20-13-15-22(29-25(31)18(2)26-3)28-21(20)14-12-19-9-5-4-6-10-19/h4-11,13,15-16,18,26H,1-3H3,(H,28,29,31). The van der Waals surface area contributed by atoms with Gasteiger partial charge in [0.1, 0.15) is 17.2 Å². The van der Waals surface area contributed by atoms with Crippen LogP contribution >= 0.6 is 0 Å². The molecule has 0 aliphatic carbocycles. The third kappa shape index (κ3) is 4.32. The lowest BCUT2D eigenvalue weighted by Gasteiger charge is -2.12. The lowest BCUT2D eigenvalue weighted by Crippen LogP contribution is -2.35. The third-order valence-corrected chi connectivity index (χ3v) is 5.03. The van der Waals surface area contributed by atoms with Crippen LogP contribution in [0, 0.1) is 18.8 Å². The number of anilines is 1. The number of benzene rings is 1. The molecule has 0 saturated heterocycles. The number of amides is 1. The topological polar surface area (TPSA) is 71.3 Å². The van der Waals surface area contributed by atoms with Crippen molar-refractivity contribution in [3.63, 3.8) is 0 Å². The van der Waals surface area contributed by atoms with Gasteiger partial charge in [-0.3, -0.25) is 9.20 Å². The Morgan fingerprint density at radius 1 is 1.00 bits per heavy atom. The Morgan fingerprint density at radius 3 is 2.55 bits per heavy atom. The quantitative estimate of drug-likeness (QED) is 0.505. The molecule has 0 bridgehead atoms. The van der Waals surface area contributed by atoms with E-state index in [1.165, 1.54) is 0 Å². The fourth-order valence-corrected chi connectivity index (χ4v) is 3.27. The van der Waals surface area contributed by atoms with E-state index in [2.05, 4.69) is 32.4 Å². The number of pyridine rings is 2. The van der Waals surface area contributed by atoms with Crippen LogP contribution in [0.4, 0.5) is 5.82 Å². The SMILES string of the molecule is CNC(C)C(=O)Nc1ccc(-c2c(C)nc3ccccn23)c(C#Cc2ccccc2)n1. The lowest BCUT2D eigenvalue weighted by molar-refractivity contribution is -0.117. The van der Waals surface area contributed by atoms with Gasteiger partial charge < -0.3 is 10.6 Å². The van der Waals surface area contributed by atoms with Crippen molar-refractivity contribution in [1.29, 1.82) is 0 Å². The largest absolute Gasteiger partial charge is 0.309 e. The van der Waals surface area contributed by atoms with E-state index in [-0.39, 0.29) is 11.9 Å². The molecule has 0 saturated carbocycles. The summed E-state index contributed by atoms with van der Waals surface area (Å²) < 4.78 is 2.03. The predicted molar refractivity (Wildman–Crippen MR) is 123 cm³/mol. The van der Waals surface area contributed by atoms with E-state index >= 15 is 0 Å². The number of rotatable bonds is 4. The molecule has 1 unspecified atom stereocenters. The van der Waals surface area contributed by atoms with Crippen molar-refractivity contribution < 1.29 is 4.79 Å². The first kappa shape index (κ1) is 20.3. The number of hydrogen-bond donors (Lipinski definition) is 2. The molecule has 0 spiro atoms. The monoisotopic (exact) mass is 409 g/mol. The Balaban J connectivity index is 1.83. The molecule has 0 radical (unpaired) electrons. The normalized spacial score (nSPS) is 11.6. The van der Waals surface area contributed by atoms with Crippen molar-refractivity contribution >= 4 is 17.4 Å². The van der Waals surface area contributed by atoms with Gasteiger partial charge in [-0.25, -0.2) is 9.97 Å². The van der Waals surface area contributed by atoms with E-state index in [4.69, 9.17) is 0 Å². The van der Waals surface area contributed by atoms with Gasteiger partial charge in [0.25, 0.3) is 0 Å². The van der Waals surface area contributed by atoms with Crippen LogP contribution in [0.2, 0.25) is 0 Å². The Kier molecular flexibility index (Phi) is 5.78. The van der Waals surface area contributed by atoms with Gasteiger partial charge in [-0.15, -0.1) is 0 Å². The van der Waals surface area contributed by atoms with Crippen LogP contribution in [-0.2, 0) is 4.79 Å². The molecule has 154 valence electrons.